The molecule has 0 saturated carbocycles. The standard InChI is InChI=1S/C9H13ClN4.ClH/c1-7-6-11-4-5-14(7)9-8(10)12-2-3-13-9;/h2-3,7,11H,4-6H2,1H3;1H. The first-order valence-electron chi connectivity index (χ1n) is 4.73. The Labute approximate surface area is 100 Å². The molecule has 0 radical (unpaired) electrons. The number of hydrogen-bond donors (Lipinski definition) is 1. The molecule has 4 nitrogen and oxygen atoms in total. The van der Waals surface area contributed by atoms with Gasteiger partial charge in [-0.1, -0.05) is 11.6 Å². The fraction of sp³-hybridized carbons (Fsp3) is 0.556. The highest BCUT2D eigenvalue weighted by molar-refractivity contribution is 6.31. The smallest absolute Gasteiger partial charge is 0.171 e. The van der Waals surface area contributed by atoms with Crippen LogP contribution in [0.5, 0.6) is 0 Å². The number of hydrogen-bond acceptors (Lipinski definition) is 4. The molecule has 0 aromatic carbocycles. The van der Waals surface area contributed by atoms with Crippen LogP contribution in [0.4, 0.5) is 5.82 Å². The first-order valence-corrected chi connectivity index (χ1v) is 5.10. The van der Waals surface area contributed by atoms with E-state index in [0.29, 0.717) is 11.2 Å². The molecule has 1 aromatic heterocycles. The average Bonchev–Trinajstić information content (AvgIpc) is 2.20. The topological polar surface area (TPSA) is 41.0 Å². The summed E-state index contributed by atoms with van der Waals surface area (Å²) in [6.07, 6.45) is 3.29. The van der Waals surface area contributed by atoms with Crippen LogP contribution in [0.1, 0.15) is 6.92 Å². The average molecular weight is 249 g/mol. The number of anilines is 1. The largest absolute Gasteiger partial charge is 0.349 e. The van der Waals surface area contributed by atoms with Crippen LogP contribution in [0.3, 0.4) is 0 Å². The molecule has 15 heavy (non-hydrogen) atoms. The molecule has 1 saturated heterocycles. The van der Waals surface area contributed by atoms with Crippen LogP contribution in [-0.4, -0.2) is 35.6 Å². The second kappa shape index (κ2) is 5.49. The van der Waals surface area contributed by atoms with Crippen molar-refractivity contribution in [1.29, 1.82) is 0 Å². The molecule has 1 aliphatic rings. The first-order chi connectivity index (χ1) is 6.79. The van der Waals surface area contributed by atoms with Crippen molar-refractivity contribution < 1.29 is 0 Å². The Morgan fingerprint density at radius 1 is 1.47 bits per heavy atom. The highest BCUT2D eigenvalue weighted by Gasteiger charge is 2.21. The minimum absolute atomic E-state index is 0. The van der Waals surface area contributed by atoms with Crippen molar-refractivity contribution in [3.8, 4) is 0 Å². The van der Waals surface area contributed by atoms with Gasteiger partial charge in [-0.15, -0.1) is 12.4 Å². The van der Waals surface area contributed by atoms with Crippen molar-refractivity contribution >= 4 is 29.8 Å². The first kappa shape index (κ1) is 12.5. The summed E-state index contributed by atoms with van der Waals surface area (Å²) in [5.41, 5.74) is 0. The van der Waals surface area contributed by atoms with E-state index in [4.69, 9.17) is 11.6 Å². The van der Waals surface area contributed by atoms with Gasteiger partial charge in [-0.3, -0.25) is 0 Å². The zero-order valence-corrected chi connectivity index (χ0v) is 10.1. The normalized spacial score (nSPS) is 20.9. The van der Waals surface area contributed by atoms with Gasteiger partial charge in [0, 0.05) is 38.1 Å². The van der Waals surface area contributed by atoms with E-state index in [0.717, 1.165) is 25.5 Å². The highest BCUT2D eigenvalue weighted by atomic mass is 35.5. The maximum absolute atomic E-state index is 5.99. The third-order valence-corrected chi connectivity index (χ3v) is 2.68. The van der Waals surface area contributed by atoms with Crippen molar-refractivity contribution in [2.75, 3.05) is 24.5 Å². The number of aromatic nitrogens is 2. The minimum atomic E-state index is 0. The highest BCUT2D eigenvalue weighted by Crippen LogP contribution is 2.22. The maximum atomic E-state index is 5.99. The molecule has 1 unspecified atom stereocenters. The number of piperazine rings is 1. The second-order valence-electron chi connectivity index (χ2n) is 3.42. The van der Waals surface area contributed by atoms with Crippen LogP contribution in [0.2, 0.25) is 5.15 Å². The maximum Gasteiger partial charge on any atom is 0.171 e. The fourth-order valence-electron chi connectivity index (χ4n) is 1.66. The molecule has 0 bridgehead atoms. The lowest BCUT2D eigenvalue weighted by Gasteiger charge is -2.34. The molecular weight excluding hydrogens is 235 g/mol. The van der Waals surface area contributed by atoms with Gasteiger partial charge in [0.1, 0.15) is 0 Å². The molecule has 1 N–H and O–H groups in total. The second-order valence-corrected chi connectivity index (χ2v) is 3.78. The lowest BCUT2D eigenvalue weighted by molar-refractivity contribution is 0.496. The molecule has 6 heteroatoms. The van der Waals surface area contributed by atoms with Crippen LogP contribution < -0.4 is 10.2 Å². The molecule has 2 rings (SSSR count). The van der Waals surface area contributed by atoms with Gasteiger partial charge in [0.05, 0.1) is 0 Å². The third kappa shape index (κ3) is 2.71. The van der Waals surface area contributed by atoms with Gasteiger partial charge in [-0.2, -0.15) is 0 Å². The van der Waals surface area contributed by atoms with E-state index in [1.165, 1.54) is 0 Å². The van der Waals surface area contributed by atoms with Crippen LogP contribution in [0.15, 0.2) is 12.4 Å². The van der Waals surface area contributed by atoms with E-state index in [2.05, 4.69) is 27.1 Å². The van der Waals surface area contributed by atoms with Crippen LogP contribution in [0.25, 0.3) is 0 Å². The molecule has 1 aromatic rings. The summed E-state index contributed by atoms with van der Waals surface area (Å²) in [5.74, 6) is 0.795. The fourth-order valence-corrected chi connectivity index (χ4v) is 1.88. The predicted molar refractivity (Wildman–Crippen MR) is 64.0 cm³/mol. The van der Waals surface area contributed by atoms with E-state index in [9.17, 15) is 0 Å². The Balaban J connectivity index is 0.00000112. The van der Waals surface area contributed by atoms with Crippen molar-refractivity contribution in [1.82, 2.24) is 15.3 Å². The van der Waals surface area contributed by atoms with Crippen molar-refractivity contribution in [2.45, 2.75) is 13.0 Å². The van der Waals surface area contributed by atoms with Gasteiger partial charge < -0.3 is 10.2 Å². The molecule has 1 aliphatic heterocycles. The van der Waals surface area contributed by atoms with E-state index in [1.807, 2.05) is 0 Å². The van der Waals surface area contributed by atoms with Gasteiger partial charge in [0.2, 0.25) is 0 Å². The number of rotatable bonds is 1. The molecule has 1 atom stereocenters. The number of nitrogens with zero attached hydrogens (tertiary/aromatic N) is 3. The molecule has 0 spiro atoms. The Morgan fingerprint density at radius 3 is 2.87 bits per heavy atom. The molecule has 2 heterocycles. The molecule has 0 amide bonds. The molecule has 1 fully saturated rings. The van der Waals surface area contributed by atoms with E-state index >= 15 is 0 Å². The Morgan fingerprint density at radius 2 is 2.20 bits per heavy atom. The summed E-state index contributed by atoms with van der Waals surface area (Å²) in [6.45, 7) is 5.01. The number of nitrogens with one attached hydrogen (secondary N) is 1. The van der Waals surface area contributed by atoms with E-state index in [-0.39, 0.29) is 12.4 Å². The minimum Gasteiger partial charge on any atom is -0.349 e. The number of halogens is 2. The van der Waals surface area contributed by atoms with Crippen LogP contribution in [0, 0.1) is 0 Å². The monoisotopic (exact) mass is 248 g/mol. The van der Waals surface area contributed by atoms with E-state index < -0.39 is 0 Å². The lowest BCUT2D eigenvalue weighted by atomic mass is 10.2. The van der Waals surface area contributed by atoms with Crippen LogP contribution in [-0.2, 0) is 0 Å². The molecular formula is C9H14Cl2N4. The summed E-state index contributed by atoms with van der Waals surface area (Å²) in [7, 11) is 0. The van der Waals surface area contributed by atoms with Gasteiger partial charge in [0.25, 0.3) is 0 Å². The Hall–Kier alpha value is -0.580. The predicted octanol–water partition coefficient (Wildman–Crippen LogP) is 1.35. The van der Waals surface area contributed by atoms with E-state index in [1.54, 1.807) is 12.4 Å². The Bertz CT molecular complexity index is 321. The summed E-state index contributed by atoms with van der Waals surface area (Å²) >= 11 is 5.99. The quantitative estimate of drug-likeness (QED) is 0.815. The summed E-state index contributed by atoms with van der Waals surface area (Å²) in [6, 6.07) is 0.415. The van der Waals surface area contributed by atoms with Gasteiger partial charge in [-0.05, 0) is 6.92 Å². The third-order valence-electron chi connectivity index (χ3n) is 2.41. The zero-order valence-electron chi connectivity index (χ0n) is 8.48. The van der Waals surface area contributed by atoms with Gasteiger partial charge in [-0.25, -0.2) is 9.97 Å². The SMILES string of the molecule is CC1CNCCN1c1nccnc1Cl.Cl. The Kier molecular flexibility index (Phi) is 4.57. The van der Waals surface area contributed by atoms with Crippen LogP contribution >= 0.6 is 24.0 Å². The lowest BCUT2D eigenvalue weighted by Crippen LogP contribution is -2.50. The summed E-state index contributed by atoms with van der Waals surface area (Å²) in [5, 5.41) is 3.81. The summed E-state index contributed by atoms with van der Waals surface area (Å²) in [4.78, 5) is 10.5. The summed E-state index contributed by atoms with van der Waals surface area (Å²) < 4.78 is 0. The molecule has 84 valence electrons. The zero-order chi connectivity index (χ0) is 9.97. The van der Waals surface area contributed by atoms with Gasteiger partial charge in [0.15, 0.2) is 11.0 Å². The van der Waals surface area contributed by atoms with Crippen molar-refractivity contribution in [2.24, 2.45) is 0 Å². The van der Waals surface area contributed by atoms with Gasteiger partial charge >= 0.3 is 0 Å². The van der Waals surface area contributed by atoms with Crippen molar-refractivity contribution in [3.63, 3.8) is 0 Å². The molecule has 0 aliphatic carbocycles. The van der Waals surface area contributed by atoms with Crippen molar-refractivity contribution in [3.05, 3.63) is 17.5 Å².